The smallest absolute Gasteiger partial charge is 0.265 e. The highest BCUT2D eigenvalue weighted by Gasteiger charge is 2.29. The number of carbonyl (C=O) groups is 2. The lowest BCUT2D eigenvalue weighted by molar-refractivity contribution is -0.122. The van der Waals surface area contributed by atoms with Crippen LogP contribution in [0.4, 0.5) is 11.4 Å². The summed E-state index contributed by atoms with van der Waals surface area (Å²) in [6.07, 6.45) is 2.20. The molecule has 0 unspecified atom stereocenters. The second kappa shape index (κ2) is 6.71. The van der Waals surface area contributed by atoms with Crippen molar-refractivity contribution in [1.82, 2.24) is 0 Å². The van der Waals surface area contributed by atoms with Gasteiger partial charge in [0.25, 0.3) is 5.91 Å². The molecule has 1 saturated heterocycles. The van der Waals surface area contributed by atoms with Crippen molar-refractivity contribution in [3.8, 4) is 5.75 Å². The summed E-state index contributed by atoms with van der Waals surface area (Å²) < 4.78 is 5.77. The second-order valence-electron chi connectivity index (χ2n) is 6.70. The number of anilines is 2. The van der Waals surface area contributed by atoms with E-state index in [1.807, 2.05) is 30.3 Å². The van der Waals surface area contributed by atoms with Crippen LogP contribution >= 0.6 is 0 Å². The van der Waals surface area contributed by atoms with Crippen molar-refractivity contribution in [2.45, 2.75) is 25.4 Å². The molecule has 134 valence electrons. The van der Waals surface area contributed by atoms with E-state index >= 15 is 0 Å². The molecule has 0 aromatic heterocycles. The first kappa shape index (κ1) is 16.4. The van der Waals surface area contributed by atoms with Gasteiger partial charge in [-0.15, -0.1) is 0 Å². The highest BCUT2D eigenvalue weighted by atomic mass is 16.5. The Morgan fingerprint density at radius 2 is 1.88 bits per heavy atom. The third kappa shape index (κ3) is 3.10. The predicted octanol–water partition coefficient (Wildman–Crippen LogP) is 2.33. The molecule has 2 aliphatic heterocycles. The van der Waals surface area contributed by atoms with E-state index in [9.17, 15) is 9.59 Å². The molecule has 3 N–H and O–H groups in total. The molecule has 0 saturated carbocycles. The Labute approximate surface area is 151 Å². The van der Waals surface area contributed by atoms with E-state index in [1.165, 1.54) is 0 Å². The van der Waals surface area contributed by atoms with E-state index in [4.69, 9.17) is 10.5 Å². The second-order valence-corrected chi connectivity index (χ2v) is 6.70. The molecular formula is C20H21N3O3. The molecule has 2 amide bonds. The summed E-state index contributed by atoms with van der Waals surface area (Å²) in [5.41, 5.74) is 8.32. The van der Waals surface area contributed by atoms with E-state index in [-0.39, 0.29) is 5.91 Å². The summed E-state index contributed by atoms with van der Waals surface area (Å²) in [6, 6.07) is 12.9. The van der Waals surface area contributed by atoms with Crippen molar-refractivity contribution in [2.24, 2.45) is 5.73 Å². The fraction of sp³-hybridized carbons (Fsp3) is 0.300. The maximum atomic E-state index is 12.8. The fourth-order valence-electron chi connectivity index (χ4n) is 3.56. The summed E-state index contributed by atoms with van der Waals surface area (Å²) in [6.45, 7) is 1.87. The third-order valence-electron chi connectivity index (χ3n) is 4.93. The van der Waals surface area contributed by atoms with E-state index in [1.54, 1.807) is 12.1 Å². The summed E-state index contributed by atoms with van der Waals surface area (Å²) in [4.78, 5) is 26.5. The van der Waals surface area contributed by atoms with Gasteiger partial charge in [0.2, 0.25) is 5.91 Å². The minimum Gasteiger partial charge on any atom is -0.480 e. The number of rotatable bonds is 4. The van der Waals surface area contributed by atoms with Crippen LogP contribution < -0.4 is 20.7 Å². The lowest BCUT2D eigenvalue weighted by Gasteiger charge is -2.23. The number of ether oxygens (including phenoxy) is 1. The molecule has 0 aliphatic carbocycles. The number of primary amides is 1. The van der Waals surface area contributed by atoms with Gasteiger partial charge in [0.1, 0.15) is 5.75 Å². The van der Waals surface area contributed by atoms with Gasteiger partial charge in [-0.2, -0.15) is 0 Å². The number of fused-ring (bicyclic) bond motifs is 1. The molecule has 0 bridgehead atoms. The van der Waals surface area contributed by atoms with E-state index in [0.29, 0.717) is 17.7 Å². The lowest BCUT2D eigenvalue weighted by Crippen LogP contribution is -2.32. The number of nitrogens with two attached hydrogens (primary N) is 1. The first-order valence-corrected chi connectivity index (χ1v) is 8.86. The molecule has 0 spiro atoms. The van der Waals surface area contributed by atoms with Gasteiger partial charge >= 0.3 is 0 Å². The molecular weight excluding hydrogens is 330 g/mol. The number of nitrogens with zero attached hydrogens (tertiary/aromatic N) is 1. The van der Waals surface area contributed by atoms with Gasteiger partial charge in [-0.3, -0.25) is 9.59 Å². The summed E-state index contributed by atoms with van der Waals surface area (Å²) in [5.74, 6) is 0.0135. The maximum absolute atomic E-state index is 12.8. The highest BCUT2D eigenvalue weighted by molar-refractivity contribution is 6.01. The number of hydrogen-bond acceptors (Lipinski definition) is 4. The average molecular weight is 351 g/mol. The van der Waals surface area contributed by atoms with Crippen LogP contribution in [0.3, 0.4) is 0 Å². The molecule has 2 heterocycles. The van der Waals surface area contributed by atoms with Gasteiger partial charge in [-0.25, -0.2) is 0 Å². The highest BCUT2D eigenvalue weighted by Crippen LogP contribution is 2.32. The van der Waals surface area contributed by atoms with Gasteiger partial charge < -0.3 is 20.7 Å². The molecule has 6 nitrogen and oxygen atoms in total. The van der Waals surface area contributed by atoms with Crippen molar-refractivity contribution < 1.29 is 14.3 Å². The number of nitrogens with one attached hydrogen (secondary N) is 1. The Kier molecular flexibility index (Phi) is 4.24. The van der Waals surface area contributed by atoms with Crippen molar-refractivity contribution >= 4 is 23.2 Å². The summed E-state index contributed by atoms with van der Waals surface area (Å²) in [5, 5.41) is 2.95. The Hall–Kier alpha value is -3.02. The minimum atomic E-state index is -0.573. The van der Waals surface area contributed by atoms with Gasteiger partial charge in [-0.1, -0.05) is 18.2 Å². The SMILES string of the molecule is NC(=O)c1ccc(N2CCCC2)c(NC(=O)[C@@H]2Cc3ccccc3O2)c1. The quantitative estimate of drug-likeness (QED) is 0.885. The fourth-order valence-corrected chi connectivity index (χ4v) is 3.56. The Morgan fingerprint density at radius 1 is 1.12 bits per heavy atom. The van der Waals surface area contributed by atoms with Gasteiger partial charge in [0.15, 0.2) is 6.10 Å². The predicted molar refractivity (Wildman–Crippen MR) is 99.6 cm³/mol. The van der Waals surface area contributed by atoms with Crippen LogP contribution in [0.15, 0.2) is 42.5 Å². The van der Waals surface area contributed by atoms with Crippen molar-refractivity contribution in [3.05, 3.63) is 53.6 Å². The van der Waals surface area contributed by atoms with Gasteiger partial charge in [-0.05, 0) is 42.7 Å². The first-order chi connectivity index (χ1) is 12.6. The summed E-state index contributed by atoms with van der Waals surface area (Å²) >= 11 is 0. The maximum Gasteiger partial charge on any atom is 0.265 e. The van der Waals surface area contributed by atoms with Crippen molar-refractivity contribution in [3.63, 3.8) is 0 Å². The molecule has 2 aromatic carbocycles. The van der Waals surface area contributed by atoms with Crippen LogP contribution in [0.5, 0.6) is 5.75 Å². The van der Waals surface area contributed by atoms with Crippen molar-refractivity contribution in [2.75, 3.05) is 23.3 Å². The zero-order valence-electron chi connectivity index (χ0n) is 14.4. The van der Waals surface area contributed by atoms with E-state index in [2.05, 4.69) is 10.2 Å². The van der Waals surface area contributed by atoms with Crippen molar-refractivity contribution in [1.29, 1.82) is 0 Å². The van der Waals surface area contributed by atoms with Crippen LogP contribution in [0.1, 0.15) is 28.8 Å². The molecule has 2 aliphatic rings. The van der Waals surface area contributed by atoms with Crippen LogP contribution in [-0.4, -0.2) is 31.0 Å². The van der Waals surface area contributed by atoms with Crippen LogP contribution in [0.2, 0.25) is 0 Å². The number of para-hydroxylation sites is 1. The molecule has 1 atom stereocenters. The molecule has 26 heavy (non-hydrogen) atoms. The molecule has 1 fully saturated rings. The minimum absolute atomic E-state index is 0.219. The molecule has 2 aromatic rings. The molecule has 6 heteroatoms. The molecule has 0 radical (unpaired) electrons. The average Bonchev–Trinajstić information content (AvgIpc) is 3.31. The normalized spacial score (nSPS) is 18.3. The lowest BCUT2D eigenvalue weighted by atomic mass is 10.1. The van der Waals surface area contributed by atoms with Crippen LogP contribution in [-0.2, 0) is 11.2 Å². The largest absolute Gasteiger partial charge is 0.480 e. The standard InChI is InChI=1S/C20H21N3O3/c21-19(24)14-7-8-16(23-9-3-4-10-23)15(11-14)22-20(25)18-12-13-5-1-2-6-17(13)26-18/h1-2,5-8,11,18H,3-4,9-10,12H2,(H2,21,24)(H,22,25)/t18-/m0/s1. The Balaban J connectivity index is 1.57. The summed E-state index contributed by atoms with van der Waals surface area (Å²) in [7, 11) is 0. The topological polar surface area (TPSA) is 84.7 Å². The monoisotopic (exact) mass is 351 g/mol. The van der Waals surface area contributed by atoms with Gasteiger partial charge in [0.05, 0.1) is 11.4 Å². The zero-order valence-corrected chi connectivity index (χ0v) is 14.4. The number of amides is 2. The number of carbonyl (C=O) groups excluding carboxylic acids is 2. The third-order valence-corrected chi connectivity index (χ3v) is 4.93. The van der Waals surface area contributed by atoms with E-state index < -0.39 is 12.0 Å². The Bertz CT molecular complexity index is 834. The van der Waals surface area contributed by atoms with E-state index in [0.717, 1.165) is 42.9 Å². The van der Waals surface area contributed by atoms with Crippen LogP contribution in [0.25, 0.3) is 0 Å². The Morgan fingerprint density at radius 3 is 2.62 bits per heavy atom. The van der Waals surface area contributed by atoms with Gasteiger partial charge in [0, 0.05) is 25.1 Å². The number of benzene rings is 2. The zero-order chi connectivity index (χ0) is 18.1. The first-order valence-electron chi connectivity index (χ1n) is 8.86. The number of hydrogen-bond donors (Lipinski definition) is 2. The molecule has 4 rings (SSSR count). The van der Waals surface area contributed by atoms with Crippen LogP contribution in [0, 0.1) is 0 Å².